The molecule has 0 spiro atoms. The Morgan fingerprint density at radius 3 is 2.50 bits per heavy atom. The van der Waals surface area contributed by atoms with Crippen LogP contribution in [-0.2, 0) is 0 Å². The van der Waals surface area contributed by atoms with Gasteiger partial charge in [0, 0.05) is 6.42 Å². The average molecular weight is 148 g/mol. The maximum atomic E-state index is 12.8. The molecule has 0 amide bonds. The highest BCUT2D eigenvalue weighted by molar-refractivity contribution is 5.27. The molecule has 0 bridgehead atoms. The lowest BCUT2D eigenvalue weighted by molar-refractivity contribution is 0.191. The maximum absolute atomic E-state index is 12.8. The molecule has 0 fully saturated rings. The van der Waals surface area contributed by atoms with Crippen molar-refractivity contribution < 1.29 is 13.2 Å². The molecule has 0 aromatic rings. The summed E-state index contributed by atoms with van der Waals surface area (Å²) in [5.41, 5.74) is -2.14. The van der Waals surface area contributed by atoms with E-state index in [0.717, 1.165) is 13.0 Å². The quantitative estimate of drug-likeness (QED) is 0.495. The zero-order valence-corrected chi connectivity index (χ0v) is 5.50. The topological polar surface area (TPSA) is 0 Å². The molecule has 1 aliphatic rings. The van der Waals surface area contributed by atoms with Crippen LogP contribution >= 0.6 is 0 Å². The molecule has 1 aliphatic carbocycles. The zero-order valence-electron chi connectivity index (χ0n) is 5.50. The number of hydrogen-bond acceptors (Lipinski definition) is 0. The Balaban J connectivity index is 2.99. The van der Waals surface area contributed by atoms with Crippen molar-refractivity contribution in [1.29, 1.82) is 0 Å². The first-order valence-electron chi connectivity index (χ1n) is 2.95. The Kier molecular flexibility index (Phi) is 1.58. The van der Waals surface area contributed by atoms with Gasteiger partial charge in [-0.1, -0.05) is 6.08 Å². The summed E-state index contributed by atoms with van der Waals surface area (Å²) in [6.45, 7) is 1.02. The van der Waals surface area contributed by atoms with Crippen LogP contribution in [0.4, 0.5) is 13.2 Å². The normalized spacial score (nSPS) is 33.2. The van der Waals surface area contributed by atoms with Gasteiger partial charge >= 0.3 is 0 Å². The van der Waals surface area contributed by atoms with E-state index in [-0.39, 0.29) is 6.42 Å². The molecule has 1 rings (SSSR count). The van der Waals surface area contributed by atoms with Crippen LogP contribution in [0.3, 0.4) is 0 Å². The fraction of sp³-hybridized carbons (Fsp3) is 0.429. The molecule has 0 saturated carbocycles. The molecule has 0 aromatic heterocycles. The first kappa shape index (κ1) is 7.38. The lowest BCUT2D eigenvalue weighted by Crippen LogP contribution is -2.20. The standard InChI is InChI=1S/C7H7F3/c1-7(10)4-2-3-5(8)6(7)9/h2-3H,4H2,1H3. The average Bonchev–Trinajstić information content (AvgIpc) is 1.83. The summed E-state index contributed by atoms with van der Waals surface area (Å²) in [6.07, 6.45) is 2.13. The lowest BCUT2D eigenvalue weighted by atomic mass is 9.98. The number of rotatable bonds is 0. The van der Waals surface area contributed by atoms with Gasteiger partial charge in [0.1, 0.15) is 0 Å². The number of hydrogen-bond donors (Lipinski definition) is 0. The van der Waals surface area contributed by atoms with E-state index >= 15 is 0 Å². The Morgan fingerprint density at radius 2 is 2.10 bits per heavy atom. The van der Waals surface area contributed by atoms with Gasteiger partial charge in [-0.3, -0.25) is 0 Å². The fourth-order valence-corrected chi connectivity index (χ4v) is 0.795. The third-order valence-electron chi connectivity index (χ3n) is 1.43. The molecule has 3 heteroatoms. The minimum Gasteiger partial charge on any atom is -0.236 e. The van der Waals surface area contributed by atoms with Gasteiger partial charge in [0.2, 0.25) is 0 Å². The molecule has 0 saturated heterocycles. The van der Waals surface area contributed by atoms with E-state index in [1.807, 2.05) is 0 Å². The third kappa shape index (κ3) is 1.08. The van der Waals surface area contributed by atoms with Crippen LogP contribution in [0.1, 0.15) is 13.3 Å². The summed E-state index contributed by atoms with van der Waals surface area (Å²) in [6, 6.07) is 0. The lowest BCUT2D eigenvalue weighted by Gasteiger charge is -2.18. The van der Waals surface area contributed by atoms with E-state index < -0.39 is 17.3 Å². The summed E-state index contributed by atoms with van der Waals surface area (Å²) >= 11 is 0. The highest BCUT2D eigenvalue weighted by atomic mass is 19.2. The van der Waals surface area contributed by atoms with Crippen molar-refractivity contribution in [3.8, 4) is 0 Å². The van der Waals surface area contributed by atoms with Crippen LogP contribution in [0.2, 0.25) is 0 Å². The zero-order chi connectivity index (χ0) is 7.78. The van der Waals surface area contributed by atoms with E-state index in [1.165, 1.54) is 6.08 Å². The number of halogens is 3. The van der Waals surface area contributed by atoms with Gasteiger partial charge in [-0.25, -0.2) is 13.2 Å². The Labute approximate surface area is 57.0 Å². The highest BCUT2D eigenvalue weighted by Gasteiger charge is 2.32. The molecule has 1 atom stereocenters. The molecular formula is C7H7F3. The van der Waals surface area contributed by atoms with Gasteiger partial charge in [0.25, 0.3) is 0 Å². The smallest absolute Gasteiger partial charge is 0.173 e. The first-order valence-corrected chi connectivity index (χ1v) is 2.95. The van der Waals surface area contributed by atoms with Crippen molar-refractivity contribution in [2.45, 2.75) is 19.0 Å². The first-order chi connectivity index (χ1) is 4.54. The minimum absolute atomic E-state index is 0.0910. The second-order valence-corrected chi connectivity index (χ2v) is 2.47. The van der Waals surface area contributed by atoms with Gasteiger partial charge in [0.05, 0.1) is 0 Å². The fourth-order valence-electron chi connectivity index (χ4n) is 0.795. The van der Waals surface area contributed by atoms with E-state index in [1.54, 1.807) is 0 Å². The van der Waals surface area contributed by atoms with Gasteiger partial charge in [-0.05, 0) is 13.0 Å². The number of alkyl halides is 1. The largest absolute Gasteiger partial charge is 0.236 e. The van der Waals surface area contributed by atoms with Gasteiger partial charge in [-0.15, -0.1) is 0 Å². The van der Waals surface area contributed by atoms with Crippen molar-refractivity contribution in [1.82, 2.24) is 0 Å². The monoisotopic (exact) mass is 148 g/mol. The SMILES string of the molecule is CC1(F)CC=CC(F)=C1F. The molecule has 0 aromatic carbocycles. The van der Waals surface area contributed by atoms with E-state index in [4.69, 9.17) is 0 Å². The molecule has 1 unspecified atom stereocenters. The molecule has 0 radical (unpaired) electrons. The maximum Gasteiger partial charge on any atom is 0.173 e. The molecule has 0 heterocycles. The van der Waals surface area contributed by atoms with Crippen LogP contribution in [0, 0.1) is 0 Å². The molecule has 0 aliphatic heterocycles. The molecular weight excluding hydrogens is 141 g/mol. The Hall–Kier alpha value is -0.730. The van der Waals surface area contributed by atoms with Gasteiger partial charge < -0.3 is 0 Å². The number of allylic oxidation sites excluding steroid dienone is 4. The van der Waals surface area contributed by atoms with Crippen LogP contribution in [0.25, 0.3) is 0 Å². The minimum atomic E-state index is -2.14. The van der Waals surface area contributed by atoms with E-state index in [2.05, 4.69) is 0 Å². The van der Waals surface area contributed by atoms with Crippen LogP contribution in [0.15, 0.2) is 23.8 Å². The van der Waals surface area contributed by atoms with Crippen molar-refractivity contribution in [3.63, 3.8) is 0 Å². The third-order valence-corrected chi connectivity index (χ3v) is 1.43. The predicted molar refractivity (Wildman–Crippen MR) is 32.5 cm³/mol. The van der Waals surface area contributed by atoms with Crippen LogP contribution < -0.4 is 0 Å². The predicted octanol–water partition coefficient (Wildman–Crippen LogP) is 2.83. The Bertz CT molecular complexity index is 201. The van der Waals surface area contributed by atoms with Crippen molar-refractivity contribution in [2.75, 3.05) is 0 Å². The second kappa shape index (κ2) is 2.15. The van der Waals surface area contributed by atoms with Crippen LogP contribution in [0.5, 0.6) is 0 Å². The van der Waals surface area contributed by atoms with E-state index in [0.29, 0.717) is 0 Å². The van der Waals surface area contributed by atoms with Gasteiger partial charge in [-0.2, -0.15) is 0 Å². The summed E-state index contributed by atoms with van der Waals surface area (Å²) in [5, 5.41) is 0. The van der Waals surface area contributed by atoms with Crippen molar-refractivity contribution in [3.05, 3.63) is 23.8 Å². The summed E-state index contributed by atoms with van der Waals surface area (Å²) in [4.78, 5) is 0. The molecule has 10 heavy (non-hydrogen) atoms. The van der Waals surface area contributed by atoms with Gasteiger partial charge in [0.15, 0.2) is 17.3 Å². The van der Waals surface area contributed by atoms with Crippen LogP contribution in [-0.4, -0.2) is 5.67 Å². The summed E-state index contributed by atoms with van der Waals surface area (Å²) in [7, 11) is 0. The molecule has 0 nitrogen and oxygen atoms in total. The second-order valence-electron chi connectivity index (χ2n) is 2.47. The summed E-state index contributed by atoms with van der Waals surface area (Å²) in [5.74, 6) is -2.40. The summed E-state index contributed by atoms with van der Waals surface area (Å²) < 4.78 is 37.5. The Morgan fingerprint density at radius 1 is 1.50 bits per heavy atom. The molecule has 0 N–H and O–H groups in total. The van der Waals surface area contributed by atoms with E-state index in [9.17, 15) is 13.2 Å². The van der Waals surface area contributed by atoms with Crippen molar-refractivity contribution >= 4 is 0 Å². The van der Waals surface area contributed by atoms with Crippen molar-refractivity contribution in [2.24, 2.45) is 0 Å². The molecule has 56 valence electrons. The highest BCUT2D eigenvalue weighted by Crippen LogP contribution is 2.33.